The lowest BCUT2D eigenvalue weighted by Gasteiger charge is -2.32. The number of carbonyl (C=O) groups excluding carboxylic acids is 1. The highest BCUT2D eigenvalue weighted by Crippen LogP contribution is 2.26. The quantitative estimate of drug-likeness (QED) is 0.504. The van der Waals surface area contributed by atoms with Gasteiger partial charge in [0.25, 0.3) is 0 Å². The molecule has 0 aliphatic carbocycles. The zero-order valence-electron chi connectivity index (χ0n) is 17.7. The average molecular weight is 428 g/mol. The van der Waals surface area contributed by atoms with Gasteiger partial charge in [-0.15, -0.1) is 12.4 Å². The van der Waals surface area contributed by atoms with Gasteiger partial charge in [0.1, 0.15) is 11.4 Å². The number of para-hydroxylation sites is 1. The molecule has 160 valence electrons. The molecular weight excluding hydrogens is 398 g/mol. The third-order valence-electron chi connectivity index (χ3n) is 6.05. The van der Waals surface area contributed by atoms with Crippen LogP contribution in [0.4, 0.5) is 0 Å². The van der Waals surface area contributed by atoms with Gasteiger partial charge in [0.2, 0.25) is 0 Å². The number of aryl methyl sites for hydroxylation is 1. The molecule has 30 heavy (non-hydrogen) atoms. The molecule has 1 aromatic heterocycles. The Hall–Kier alpha value is -2.37. The van der Waals surface area contributed by atoms with Crippen molar-refractivity contribution in [1.82, 2.24) is 14.7 Å². The summed E-state index contributed by atoms with van der Waals surface area (Å²) in [6.45, 7) is 3.13. The number of ketones is 1. The highest BCUT2D eigenvalue weighted by molar-refractivity contribution is 6.05. The highest BCUT2D eigenvalue weighted by Gasteiger charge is 2.22. The maximum atomic E-state index is 12.8. The molecule has 4 rings (SSSR count). The number of ether oxygens (including phenoxy) is 1. The predicted molar refractivity (Wildman–Crippen MR) is 123 cm³/mol. The van der Waals surface area contributed by atoms with Crippen molar-refractivity contribution in [1.29, 1.82) is 0 Å². The summed E-state index contributed by atoms with van der Waals surface area (Å²) in [5.41, 5.74) is 2.93. The van der Waals surface area contributed by atoms with Gasteiger partial charge in [0, 0.05) is 25.4 Å². The summed E-state index contributed by atoms with van der Waals surface area (Å²) in [5, 5.41) is 5.44. The van der Waals surface area contributed by atoms with Gasteiger partial charge in [-0.2, -0.15) is 5.10 Å². The van der Waals surface area contributed by atoms with Crippen LogP contribution in [-0.4, -0.2) is 40.7 Å². The molecule has 0 saturated carbocycles. The zero-order chi connectivity index (χ0) is 20.2. The Balaban J connectivity index is 0.00000256. The van der Waals surface area contributed by atoms with Gasteiger partial charge in [0.15, 0.2) is 5.78 Å². The molecule has 5 nitrogen and oxygen atoms in total. The van der Waals surface area contributed by atoms with Gasteiger partial charge in [0.05, 0.1) is 12.6 Å². The number of carbonyl (C=O) groups is 1. The number of piperidine rings is 1. The van der Waals surface area contributed by atoms with E-state index < -0.39 is 0 Å². The normalized spacial score (nSPS) is 15.1. The lowest BCUT2D eigenvalue weighted by Crippen LogP contribution is -2.33. The van der Waals surface area contributed by atoms with Crippen molar-refractivity contribution in [2.45, 2.75) is 32.2 Å². The molecule has 0 bridgehead atoms. The van der Waals surface area contributed by atoms with Crippen LogP contribution in [0.2, 0.25) is 0 Å². The summed E-state index contributed by atoms with van der Waals surface area (Å²) >= 11 is 0. The van der Waals surface area contributed by atoms with Gasteiger partial charge in [-0.25, -0.2) is 0 Å². The van der Waals surface area contributed by atoms with E-state index in [1.807, 2.05) is 43.4 Å². The number of benzene rings is 2. The first kappa shape index (κ1) is 22.3. The molecule has 1 fully saturated rings. The lowest BCUT2D eigenvalue weighted by molar-refractivity contribution is 0.0957. The largest absolute Gasteiger partial charge is 0.497 e. The number of nitrogens with zero attached hydrogens (tertiary/aromatic N) is 3. The van der Waals surface area contributed by atoms with Crippen molar-refractivity contribution in [3.8, 4) is 5.75 Å². The summed E-state index contributed by atoms with van der Waals surface area (Å²) in [4.78, 5) is 15.3. The van der Waals surface area contributed by atoms with Crippen LogP contribution >= 0.6 is 12.4 Å². The second-order valence-corrected chi connectivity index (χ2v) is 8.02. The maximum Gasteiger partial charge on any atom is 0.183 e. The first-order valence-corrected chi connectivity index (χ1v) is 10.4. The Labute approximate surface area is 184 Å². The molecule has 0 N–H and O–H groups in total. The molecule has 2 aromatic carbocycles. The van der Waals surface area contributed by atoms with Gasteiger partial charge in [-0.3, -0.25) is 14.4 Å². The Morgan fingerprint density at radius 1 is 1.13 bits per heavy atom. The van der Waals surface area contributed by atoms with Crippen LogP contribution in [0, 0.1) is 5.92 Å². The Bertz CT molecular complexity index is 993. The molecule has 0 atom stereocenters. The first-order valence-electron chi connectivity index (χ1n) is 10.4. The van der Waals surface area contributed by atoms with E-state index in [2.05, 4.69) is 22.1 Å². The SMILES string of the molecule is COc1cccc(CN2CCC(CCC(=O)c3nn(C)c4ccccc34)CC2)c1.Cl. The Morgan fingerprint density at radius 3 is 2.67 bits per heavy atom. The molecule has 1 aliphatic rings. The minimum atomic E-state index is 0. The van der Waals surface area contributed by atoms with Crippen molar-refractivity contribution in [3.05, 3.63) is 59.8 Å². The number of hydrogen-bond acceptors (Lipinski definition) is 4. The van der Waals surface area contributed by atoms with Crippen LogP contribution in [-0.2, 0) is 13.6 Å². The summed E-state index contributed by atoms with van der Waals surface area (Å²) < 4.78 is 7.13. The number of hydrogen-bond donors (Lipinski definition) is 0. The van der Waals surface area contributed by atoms with Crippen LogP contribution in [0.5, 0.6) is 5.75 Å². The first-order chi connectivity index (χ1) is 14.1. The number of Topliss-reactive ketones (excluding diaryl/α,β-unsaturated/α-hetero) is 1. The number of halogens is 1. The Morgan fingerprint density at radius 2 is 1.90 bits per heavy atom. The summed E-state index contributed by atoms with van der Waals surface area (Å²) in [7, 11) is 3.61. The predicted octanol–water partition coefficient (Wildman–Crippen LogP) is 4.88. The standard InChI is InChI=1S/C24H29N3O2.ClH/c1-26-22-9-4-3-8-21(22)24(25-26)23(28)11-10-18-12-14-27(15-13-18)17-19-6-5-7-20(16-19)29-2;/h3-9,16,18H,10-15,17H2,1-2H3;1H. The molecule has 2 heterocycles. The van der Waals surface area contributed by atoms with E-state index in [1.54, 1.807) is 11.8 Å². The van der Waals surface area contributed by atoms with Crippen molar-refractivity contribution in [2.75, 3.05) is 20.2 Å². The average Bonchev–Trinajstić information content (AvgIpc) is 3.10. The van der Waals surface area contributed by atoms with E-state index in [-0.39, 0.29) is 18.2 Å². The van der Waals surface area contributed by atoms with Crippen molar-refractivity contribution >= 4 is 29.1 Å². The van der Waals surface area contributed by atoms with Crippen LogP contribution in [0.25, 0.3) is 10.9 Å². The number of fused-ring (bicyclic) bond motifs is 1. The monoisotopic (exact) mass is 427 g/mol. The van der Waals surface area contributed by atoms with E-state index in [0.29, 0.717) is 18.0 Å². The molecule has 0 unspecified atom stereocenters. The highest BCUT2D eigenvalue weighted by atomic mass is 35.5. The molecular formula is C24H30ClN3O2. The van der Waals surface area contributed by atoms with E-state index in [0.717, 1.165) is 55.5 Å². The van der Waals surface area contributed by atoms with E-state index >= 15 is 0 Å². The molecule has 0 amide bonds. The fraction of sp³-hybridized carbons (Fsp3) is 0.417. The maximum absolute atomic E-state index is 12.8. The number of aromatic nitrogens is 2. The summed E-state index contributed by atoms with van der Waals surface area (Å²) in [5.74, 6) is 1.70. The Kier molecular flexibility index (Phi) is 7.51. The van der Waals surface area contributed by atoms with Crippen LogP contribution in [0.15, 0.2) is 48.5 Å². The summed E-state index contributed by atoms with van der Waals surface area (Å²) in [6, 6.07) is 16.3. The van der Waals surface area contributed by atoms with Gasteiger partial charge >= 0.3 is 0 Å². The van der Waals surface area contributed by atoms with Crippen LogP contribution in [0.1, 0.15) is 41.7 Å². The fourth-order valence-electron chi connectivity index (χ4n) is 4.34. The third kappa shape index (κ3) is 5.02. The van der Waals surface area contributed by atoms with E-state index in [1.165, 1.54) is 5.56 Å². The van der Waals surface area contributed by atoms with E-state index in [4.69, 9.17) is 4.74 Å². The number of likely N-dealkylation sites (tertiary alicyclic amines) is 1. The van der Waals surface area contributed by atoms with Gasteiger partial charge in [-0.05, 0) is 62.0 Å². The van der Waals surface area contributed by atoms with Crippen LogP contribution in [0.3, 0.4) is 0 Å². The molecule has 0 radical (unpaired) electrons. The second-order valence-electron chi connectivity index (χ2n) is 8.02. The third-order valence-corrected chi connectivity index (χ3v) is 6.05. The molecule has 3 aromatic rings. The molecule has 0 spiro atoms. The molecule has 1 aliphatic heterocycles. The molecule has 1 saturated heterocycles. The molecule has 6 heteroatoms. The number of rotatable bonds is 7. The van der Waals surface area contributed by atoms with Crippen LogP contribution < -0.4 is 4.74 Å². The van der Waals surface area contributed by atoms with Crippen molar-refractivity contribution < 1.29 is 9.53 Å². The van der Waals surface area contributed by atoms with Gasteiger partial charge in [-0.1, -0.05) is 30.3 Å². The minimum Gasteiger partial charge on any atom is -0.497 e. The van der Waals surface area contributed by atoms with Crippen molar-refractivity contribution in [2.24, 2.45) is 13.0 Å². The smallest absolute Gasteiger partial charge is 0.183 e. The fourth-order valence-corrected chi connectivity index (χ4v) is 4.34. The second kappa shape index (κ2) is 10.1. The topological polar surface area (TPSA) is 47.4 Å². The number of methoxy groups -OCH3 is 1. The summed E-state index contributed by atoms with van der Waals surface area (Å²) in [6.07, 6.45) is 3.85. The van der Waals surface area contributed by atoms with Gasteiger partial charge < -0.3 is 4.74 Å². The van der Waals surface area contributed by atoms with Crippen molar-refractivity contribution in [3.63, 3.8) is 0 Å². The zero-order valence-corrected chi connectivity index (χ0v) is 18.5. The lowest BCUT2D eigenvalue weighted by atomic mass is 9.90. The van der Waals surface area contributed by atoms with E-state index in [9.17, 15) is 4.79 Å². The minimum absolute atomic E-state index is 0.